The second kappa shape index (κ2) is 4.45. The smallest absolute Gasteiger partial charge is 0.203 e. The second-order valence-corrected chi connectivity index (χ2v) is 2.32. The highest BCUT2D eigenvalue weighted by atomic mass is 15.2. The fourth-order valence-corrected chi connectivity index (χ4v) is 0.943. The van der Waals surface area contributed by atoms with Gasteiger partial charge in [-0.15, -0.1) is 5.92 Å². The molecule has 0 saturated heterocycles. The highest BCUT2D eigenvalue weighted by Crippen LogP contribution is 2.01. The third-order valence-electron chi connectivity index (χ3n) is 1.57. The third-order valence-corrected chi connectivity index (χ3v) is 1.57. The predicted molar refractivity (Wildman–Crippen MR) is 49.8 cm³/mol. The summed E-state index contributed by atoms with van der Waals surface area (Å²) in [6.45, 7) is 5.50. The van der Waals surface area contributed by atoms with E-state index in [1.54, 1.807) is 6.20 Å². The van der Waals surface area contributed by atoms with Crippen molar-refractivity contribution >= 4 is 5.95 Å². The molecule has 3 nitrogen and oxygen atoms in total. The van der Waals surface area contributed by atoms with Crippen LogP contribution in [0.25, 0.3) is 0 Å². The van der Waals surface area contributed by atoms with E-state index < -0.39 is 0 Å². The van der Waals surface area contributed by atoms with Crippen LogP contribution in [0.3, 0.4) is 0 Å². The molecule has 0 spiro atoms. The van der Waals surface area contributed by atoms with Gasteiger partial charge in [0.15, 0.2) is 0 Å². The molecule has 0 fully saturated rings. The SMILES string of the molecule is CC#CCNc1nccn1CC. The summed E-state index contributed by atoms with van der Waals surface area (Å²) < 4.78 is 2.04. The Balaban J connectivity index is 2.54. The number of hydrogen-bond donors (Lipinski definition) is 1. The van der Waals surface area contributed by atoms with Crippen LogP contribution in [0.1, 0.15) is 13.8 Å². The van der Waals surface area contributed by atoms with Gasteiger partial charge in [0.1, 0.15) is 0 Å². The Labute approximate surface area is 72.8 Å². The minimum Gasteiger partial charge on any atom is -0.345 e. The first-order chi connectivity index (χ1) is 5.88. The van der Waals surface area contributed by atoms with Gasteiger partial charge in [-0.25, -0.2) is 4.98 Å². The van der Waals surface area contributed by atoms with Gasteiger partial charge < -0.3 is 9.88 Å². The summed E-state index contributed by atoms with van der Waals surface area (Å²) in [5.74, 6) is 6.63. The summed E-state index contributed by atoms with van der Waals surface area (Å²) in [6, 6.07) is 0. The molecule has 0 aliphatic rings. The van der Waals surface area contributed by atoms with Crippen molar-refractivity contribution in [1.29, 1.82) is 0 Å². The Morgan fingerprint density at radius 2 is 2.50 bits per heavy atom. The van der Waals surface area contributed by atoms with E-state index >= 15 is 0 Å². The van der Waals surface area contributed by atoms with Crippen LogP contribution in [0.2, 0.25) is 0 Å². The zero-order valence-corrected chi connectivity index (χ0v) is 7.46. The van der Waals surface area contributed by atoms with Crippen LogP contribution in [-0.2, 0) is 6.54 Å². The largest absolute Gasteiger partial charge is 0.345 e. The molecule has 1 heterocycles. The van der Waals surface area contributed by atoms with Crippen molar-refractivity contribution in [1.82, 2.24) is 9.55 Å². The predicted octanol–water partition coefficient (Wildman–Crippen LogP) is 1.34. The molecule has 0 bridgehead atoms. The van der Waals surface area contributed by atoms with Crippen molar-refractivity contribution in [3.8, 4) is 11.8 Å². The molecule has 0 radical (unpaired) electrons. The molecule has 0 amide bonds. The van der Waals surface area contributed by atoms with Gasteiger partial charge in [-0.05, 0) is 13.8 Å². The molecule has 0 aromatic carbocycles. The van der Waals surface area contributed by atoms with E-state index in [1.165, 1.54) is 0 Å². The van der Waals surface area contributed by atoms with Gasteiger partial charge in [0, 0.05) is 18.9 Å². The summed E-state index contributed by atoms with van der Waals surface area (Å²) in [5, 5.41) is 3.12. The van der Waals surface area contributed by atoms with Crippen LogP contribution < -0.4 is 5.32 Å². The van der Waals surface area contributed by atoms with Crippen molar-refractivity contribution in [2.24, 2.45) is 0 Å². The van der Waals surface area contributed by atoms with E-state index in [9.17, 15) is 0 Å². The lowest BCUT2D eigenvalue weighted by Crippen LogP contribution is -2.06. The summed E-state index contributed by atoms with van der Waals surface area (Å²) in [4.78, 5) is 4.14. The lowest BCUT2D eigenvalue weighted by Gasteiger charge is -2.03. The first kappa shape index (κ1) is 8.66. The van der Waals surface area contributed by atoms with Crippen LogP contribution in [0.15, 0.2) is 12.4 Å². The van der Waals surface area contributed by atoms with Gasteiger partial charge in [0.2, 0.25) is 5.95 Å². The summed E-state index contributed by atoms with van der Waals surface area (Å²) in [7, 11) is 0. The van der Waals surface area contributed by atoms with Gasteiger partial charge in [-0.1, -0.05) is 5.92 Å². The van der Waals surface area contributed by atoms with Crippen molar-refractivity contribution in [2.75, 3.05) is 11.9 Å². The Kier molecular flexibility index (Phi) is 3.21. The number of rotatable bonds is 3. The maximum atomic E-state index is 4.14. The minimum atomic E-state index is 0.660. The Morgan fingerprint density at radius 3 is 3.17 bits per heavy atom. The van der Waals surface area contributed by atoms with Crippen LogP contribution in [0, 0.1) is 11.8 Å². The maximum absolute atomic E-state index is 4.14. The molecule has 12 heavy (non-hydrogen) atoms. The van der Waals surface area contributed by atoms with Gasteiger partial charge in [-0.3, -0.25) is 0 Å². The summed E-state index contributed by atoms with van der Waals surface area (Å²) in [6.07, 6.45) is 3.73. The number of imidazole rings is 1. The van der Waals surface area contributed by atoms with Crippen LogP contribution in [-0.4, -0.2) is 16.1 Å². The van der Waals surface area contributed by atoms with E-state index in [4.69, 9.17) is 0 Å². The first-order valence-corrected chi connectivity index (χ1v) is 4.03. The Hall–Kier alpha value is -1.43. The maximum Gasteiger partial charge on any atom is 0.203 e. The molecule has 0 saturated carbocycles. The number of aromatic nitrogens is 2. The molecule has 0 unspecified atom stereocenters. The zero-order valence-electron chi connectivity index (χ0n) is 7.46. The van der Waals surface area contributed by atoms with E-state index in [1.807, 2.05) is 17.7 Å². The molecule has 0 aliphatic heterocycles. The van der Waals surface area contributed by atoms with E-state index in [2.05, 4.69) is 29.1 Å². The van der Waals surface area contributed by atoms with E-state index in [-0.39, 0.29) is 0 Å². The lowest BCUT2D eigenvalue weighted by atomic mass is 10.6. The quantitative estimate of drug-likeness (QED) is 0.681. The van der Waals surface area contributed by atoms with Crippen molar-refractivity contribution < 1.29 is 0 Å². The average molecular weight is 163 g/mol. The molecule has 1 rings (SSSR count). The fourth-order valence-electron chi connectivity index (χ4n) is 0.943. The molecule has 1 N–H and O–H groups in total. The monoisotopic (exact) mass is 163 g/mol. The molecule has 1 aromatic rings. The second-order valence-electron chi connectivity index (χ2n) is 2.32. The van der Waals surface area contributed by atoms with Crippen LogP contribution >= 0.6 is 0 Å². The van der Waals surface area contributed by atoms with Crippen LogP contribution in [0.4, 0.5) is 5.95 Å². The van der Waals surface area contributed by atoms with Gasteiger partial charge in [0.05, 0.1) is 6.54 Å². The molecule has 3 heteroatoms. The van der Waals surface area contributed by atoms with Gasteiger partial charge >= 0.3 is 0 Å². The number of anilines is 1. The molecular formula is C9H13N3. The summed E-state index contributed by atoms with van der Waals surface area (Å²) >= 11 is 0. The molecular weight excluding hydrogens is 150 g/mol. The van der Waals surface area contributed by atoms with Gasteiger partial charge in [0.25, 0.3) is 0 Å². The van der Waals surface area contributed by atoms with Gasteiger partial charge in [-0.2, -0.15) is 0 Å². The molecule has 0 aliphatic carbocycles. The van der Waals surface area contributed by atoms with E-state index in [0.717, 1.165) is 12.5 Å². The topological polar surface area (TPSA) is 29.9 Å². The highest BCUT2D eigenvalue weighted by molar-refractivity contribution is 5.28. The zero-order chi connectivity index (χ0) is 8.81. The molecule has 1 aromatic heterocycles. The lowest BCUT2D eigenvalue weighted by molar-refractivity contribution is 0.767. The minimum absolute atomic E-state index is 0.660. The van der Waals surface area contributed by atoms with Crippen molar-refractivity contribution in [2.45, 2.75) is 20.4 Å². The standard InChI is InChI=1S/C9H13N3/c1-3-5-6-10-9-11-7-8-12(9)4-2/h7-8H,4,6H2,1-2H3,(H,10,11). The highest BCUT2D eigenvalue weighted by Gasteiger charge is 1.96. The Bertz CT molecular complexity index is 290. The number of nitrogens with one attached hydrogen (secondary N) is 1. The average Bonchev–Trinajstić information content (AvgIpc) is 2.52. The first-order valence-electron chi connectivity index (χ1n) is 4.03. The normalized spacial score (nSPS) is 8.83. The van der Waals surface area contributed by atoms with Crippen molar-refractivity contribution in [3.05, 3.63) is 12.4 Å². The number of aryl methyl sites for hydroxylation is 1. The Morgan fingerprint density at radius 1 is 1.67 bits per heavy atom. The molecule has 0 atom stereocenters. The summed E-state index contributed by atoms with van der Waals surface area (Å²) in [5.41, 5.74) is 0. The van der Waals surface area contributed by atoms with Crippen LogP contribution in [0.5, 0.6) is 0 Å². The van der Waals surface area contributed by atoms with Crippen molar-refractivity contribution in [3.63, 3.8) is 0 Å². The third kappa shape index (κ3) is 2.03. The fraction of sp³-hybridized carbons (Fsp3) is 0.444. The number of nitrogens with zero attached hydrogens (tertiary/aromatic N) is 2. The van der Waals surface area contributed by atoms with E-state index in [0.29, 0.717) is 6.54 Å². The number of hydrogen-bond acceptors (Lipinski definition) is 2. The molecule has 64 valence electrons.